The van der Waals surface area contributed by atoms with Crippen molar-refractivity contribution in [2.45, 2.75) is 44.4 Å². The minimum atomic E-state index is -0.210. The topological polar surface area (TPSA) is 45.1 Å². The quantitative estimate of drug-likeness (QED) is 0.904. The van der Waals surface area contributed by atoms with E-state index in [0.29, 0.717) is 0 Å². The maximum atomic E-state index is 10.0. The van der Waals surface area contributed by atoms with Gasteiger partial charge in [0, 0.05) is 28.6 Å². The van der Waals surface area contributed by atoms with Crippen LogP contribution in [0.3, 0.4) is 0 Å². The van der Waals surface area contributed by atoms with E-state index in [1.54, 1.807) is 0 Å². The van der Waals surface area contributed by atoms with Crippen LogP contribution in [-0.2, 0) is 6.54 Å². The summed E-state index contributed by atoms with van der Waals surface area (Å²) in [4.78, 5) is 4.49. The van der Waals surface area contributed by atoms with Crippen molar-refractivity contribution in [2.24, 2.45) is 0 Å². The van der Waals surface area contributed by atoms with Crippen LogP contribution in [0.5, 0.6) is 0 Å². The highest BCUT2D eigenvalue weighted by atomic mass is 79.9. The van der Waals surface area contributed by atoms with E-state index in [4.69, 9.17) is 0 Å². The monoisotopic (exact) mass is 334 g/mol. The van der Waals surface area contributed by atoms with Crippen LogP contribution < -0.4 is 5.32 Å². The van der Waals surface area contributed by atoms with Gasteiger partial charge in [0.25, 0.3) is 0 Å². The molecule has 2 aromatic rings. The second-order valence-electron chi connectivity index (χ2n) is 5.45. The predicted molar refractivity (Wildman–Crippen MR) is 84.5 cm³/mol. The van der Waals surface area contributed by atoms with Gasteiger partial charge >= 0.3 is 0 Å². The van der Waals surface area contributed by atoms with Gasteiger partial charge in [-0.25, -0.2) is 0 Å². The lowest BCUT2D eigenvalue weighted by Gasteiger charge is -2.28. The third-order valence-corrected chi connectivity index (χ3v) is 4.78. The summed E-state index contributed by atoms with van der Waals surface area (Å²) in [6, 6.07) is 8.41. The normalized spacial score (nSPS) is 23.1. The van der Waals surface area contributed by atoms with Gasteiger partial charge in [0.15, 0.2) is 0 Å². The minimum Gasteiger partial charge on any atom is -0.392 e. The van der Waals surface area contributed by atoms with Crippen LogP contribution in [0.15, 0.2) is 34.9 Å². The largest absolute Gasteiger partial charge is 0.392 e. The summed E-state index contributed by atoms with van der Waals surface area (Å²) in [5.41, 5.74) is 2.21. The van der Waals surface area contributed by atoms with Crippen molar-refractivity contribution in [1.29, 1.82) is 0 Å². The first-order valence-electron chi connectivity index (χ1n) is 7.19. The Balaban J connectivity index is 1.79. The highest BCUT2D eigenvalue weighted by Gasteiger charge is 2.22. The molecule has 1 aromatic carbocycles. The van der Waals surface area contributed by atoms with Crippen LogP contribution in [0.25, 0.3) is 10.9 Å². The molecule has 0 aliphatic heterocycles. The number of pyridine rings is 1. The maximum Gasteiger partial charge on any atom is 0.0758 e. The zero-order chi connectivity index (χ0) is 13.9. The van der Waals surface area contributed by atoms with E-state index in [0.717, 1.165) is 41.2 Å². The van der Waals surface area contributed by atoms with Gasteiger partial charge in [0.1, 0.15) is 0 Å². The van der Waals surface area contributed by atoms with E-state index in [9.17, 15) is 5.11 Å². The van der Waals surface area contributed by atoms with Crippen LogP contribution in [0.2, 0.25) is 0 Å². The number of nitrogens with zero attached hydrogens (tertiary/aromatic N) is 1. The van der Waals surface area contributed by atoms with E-state index in [-0.39, 0.29) is 12.1 Å². The van der Waals surface area contributed by atoms with Crippen molar-refractivity contribution in [3.8, 4) is 0 Å². The van der Waals surface area contributed by atoms with E-state index < -0.39 is 0 Å². The number of hydrogen-bond acceptors (Lipinski definition) is 3. The molecular formula is C16H19BrN2O. The van der Waals surface area contributed by atoms with Crippen molar-refractivity contribution in [2.75, 3.05) is 0 Å². The summed E-state index contributed by atoms with van der Waals surface area (Å²) in [6.45, 7) is 0.753. The Morgan fingerprint density at radius 1 is 1.25 bits per heavy atom. The number of halogens is 1. The number of hydrogen-bond donors (Lipinski definition) is 2. The third-order valence-electron chi connectivity index (χ3n) is 4.08. The lowest BCUT2D eigenvalue weighted by atomic mass is 9.92. The zero-order valence-electron chi connectivity index (χ0n) is 11.3. The molecule has 2 N–H and O–H groups in total. The van der Waals surface area contributed by atoms with Crippen LogP contribution in [0.1, 0.15) is 31.2 Å². The molecule has 2 unspecified atom stereocenters. The number of fused-ring (bicyclic) bond motifs is 1. The number of aliphatic hydroxyl groups is 1. The lowest BCUT2D eigenvalue weighted by molar-refractivity contribution is 0.0903. The number of aromatic nitrogens is 1. The molecule has 3 rings (SSSR count). The fraction of sp³-hybridized carbons (Fsp3) is 0.438. The standard InChI is InChI=1S/C16H19BrN2O/c17-13-8-7-11(16-12(13)4-3-9-18-16)10-19-14-5-1-2-6-15(14)20/h3-4,7-9,14-15,19-20H,1-2,5-6,10H2. The van der Waals surface area contributed by atoms with Gasteiger partial charge in [-0.15, -0.1) is 0 Å². The van der Waals surface area contributed by atoms with Crippen molar-refractivity contribution in [1.82, 2.24) is 10.3 Å². The molecule has 1 fully saturated rings. The highest BCUT2D eigenvalue weighted by molar-refractivity contribution is 9.10. The van der Waals surface area contributed by atoms with Crippen LogP contribution in [0, 0.1) is 0 Å². The van der Waals surface area contributed by atoms with Gasteiger partial charge in [0.05, 0.1) is 11.6 Å². The number of benzene rings is 1. The van der Waals surface area contributed by atoms with E-state index >= 15 is 0 Å². The second kappa shape index (κ2) is 6.20. The SMILES string of the molecule is OC1CCCCC1NCc1ccc(Br)c2cccnc12. The molecule has 1 aliphatic rings. The van der Waals surface area contributed by atoms with Gasteiger partial charge < -0.3 is 10.4 Å². The molecule has 20 heavy (non-hydrogen) atoms. The Bertz CT molecular complexity index is 602. The molecule has 1 aromatic heterocycles. The fourth-order valence-electron chi connectivity index (χ4n) is 2.93. The van der Waals surface area contributed by atoms with Gasteiger partial charge in [0.2, 0.25) is 0 Å². The maximum absolute atomic E-state index is 10.0. The molecule has 0 radical (unpaired) electrons. The highest BCUT2D eigenvalue weighted by Crippen LogP contribution is 2.26. The fourth-order valence-corrected chi connectivity index (χ4v) is 3.38. The van der Waals surface area contributed by atoms with Gasteiger partial charge in [-0.3, -0.25) is 4.98 Å². The summed E-state index contributed by atoms with van der Waals surface area (Å²) in [5.74, 6) is 0. The summed E-state index contributed by atoms with van der Waals surface area (Å²) >= 11 is 3.57. The summed E-state index contributed by atoms with van der Waals surface area (Å²) in [7, 11) is 0. The molecule has 0 spiro atoms. The molecule has 0 bridgehead atoms. The molecule has 1 saturated carbocycles. The average Bonchev–Trinajstić information content (AvgIpc) is 2.48. The second-order valence-corrected chi connectivity index (χ2v) is 6.30. The minimum absolute atomic E-state index is 0.210. The Kier molecular flexibility index (Phi) is 4.34. The van der Waals surface area contributed by atoms with Crippen LogP contribution in [0.4, 0.5) is 0 Å². The first-order chi connectivity index (χ1) is 9.75. The Hall–Kier alpha value is -0.970. The van der Waals surface area contributed by atoms with Gasteiger partial charge in [-0.2, -0.15) is 0 Å². The van der Waals surface area contributed by atoms with Crippen LogP contribution >= 0.6 is 15.9 Å². The third kappa shape index (κ3) is 2.87. The molecule has 0 amide bonds. The first kappa shape index (κ1) is 14.0. The molecule has 1 heterocycles. The molecule has 106 valence electrons. The zero-order valence-corrected chi connectivity index (χ0v) is 12.9. The van der Waals surface area contributed by atoms with Crippen LogP contribution in [-0.4, -0.2) is 22.2 Å². The first-order valence-corrected chi connectivity index (χ1v) is 7.98. The average molecular weight is 335 g/mol. The van der Waals surface area contributed by atoms with Crippen molar-refractivity contribution < 1.29 is 5.11 Å². The Morgan fingerprint density at radius 2 is 2.10 bits per heavy atom. The van der Waals surface area contributed by atoms with E-state index in [1.807, 2.05) is 12.3 Å². The lowest BCUT2D eigenvalue weighted by Crippen LogP contribution is -2.41. The molecular weight excluding hydrogens is 316 g/mol. The number of rotatable bonds is 3. The molecule has 3 nitrogen and oxygen atoms in total. The molecule has 0 saturated heterocycles. The van der Waals surface area contributed by atoms with Crippen molar-refractivity contribution in [3.05, 3.63) is 40.5 Å². The number of nitrogens with one attached hydrogen (secondary N) is 1. The summed E-state index contributed by atoms with van der Waals surface area (Å²) < 4.78 is 1.07. The predicted octanol–water partition coefficient (Wildman–Crippen LogP) is 3.39. The molecule has 2 atom stereocenters. The van der Waals surface area contributed by atoms with Crippen molar-refractivity contribution >= 4 is 26.8 Å². The summed E-state index contributed by atoms with van der Waals surface area (Å²) in [5, 5.41) is 14.6. The van der Waals surface area contributed by atoms with Gasteiger partial charge in [-0.1, -0.05) is 40.9 Å². The molecule has 1 aliphatic carbocycles. The molecule has 4 heteroatoms. The number of aliphatic hydroxyl groups excluding tert-OH is 1. The Labute approximate surface area is 127 Å². The summed E-state index contributed by atoms with van der Waals surface area (Å²) in [6.07, 6.45) is 5.93. The van der Waals surface area contributed by atoms with E-state index in [1.165, 1.54) is 12.0 Å². The smallest absolute Gasteiger partial charge is 0.0758 e. The van der Waals surface area contributed by atoms with Crippen molar-refractivity contribution in [3.63, 3.8) is 0 Å². The Morgan fingerprint density at radius 3 is 2.95 bits per heavy atom. The van der Waals surface area contributed by atoms with Gasteiger partial charge in [-0.05, 0) is 30.5 Å². The van der Waals surface area contributed by atoms with E-state index in [2.05, 4.69) is 44.4 Å².